The molecule has 0 fully saturated rings. The van der Waals surface area contributed by atoms with Gasteiger partial charge in [0.1, 0.15) is 6.61 Å². The summed E-state index contributed by atoms with van der Waals surface area (Å²) in [6.07, 6.45) is 3.02. The minimum Gasteiger partial charge on any atom is -0.359 e. The molecule has 0 spiro atoms. The van der Waals surface area contributed by atoms with Crippen LogP contribution in [0.15, 0.2) is 41.8 Å². The van der Waals surface area contributed by atoms with Crippen molar-refractivity contribution >= 4 is 35.7 Å². The van der Waals surface area contributed by atoms with Gasteiger partial charge in [0.15, 0.2) is 5.34 Å². The van der Waals surface area contributed by atoms with Gasteiger partial charge in [0.05, 0.1) is 6.54 Å². The highest BCUT2D eigenvalue weighted by Gasteiger charge is 2.23. The van der Waals surface area contributed by atoms with Crippen molar-refractivity contribution in [2.45, 2.75) is 32.9 Å². The van der Waals surface area contributed by atoms with Gasteiger partial charge in [0, 0.05) is 36.8 Å². The number of imide groups is 1. The largest absolute Gasteiger partial charge is 0.359 e. The van der Waals surface area contributed by atoms with E-state index in [-0.39, 0.29) is 55.8 Å². The van der Waals surface area contributed by atoms with Crippen LogP contribution in [-0.2, 0) is 35.4 Å². The van der Waals surface area contributed by atoms with Gasteiger partial charge in [-0.3, -0.25) is 28.9 Å². The molecule has 172 valence electrons. The van der Waals surface area contributed by atoms with Crippen LogP contribution >= 0.6 is 0 Å². The van der Waals surface area contributed by atoms with Crippen LogP contribution in [0.5, 0.6) is 0 Å². The molecule has 1 aromatic carbocycles. The lowest BCUT2D eigenvalue weighted by molar-refractivity contribution is -0.137. The summed E-state index contributed by atoms with van der Waals surface area (Å²) in [4.78, 5) is 69.7. The number of nitrogens with one attached hydrogen (secondary N) is 3. The number of rotatable bonds is 11. The number of hydrogen-bond donors (Lipinski definition) is 3. The van der Waals surface area contributed by atoms with Crippen LogP contribution in [-0.4, -0.2) is 54.1 Å². The summed E-state index contributed by atoms with van der Waals surface area (Å²) in [6.45, 7) is 3.86. The Bertz CT molecular complexity index is 834. The van der Waals surface area contributed by atoms with Crippen LogP contribution in [0.2, 0.25) is 0 Å². The van der Waals surface area contributed by atoms with E-state index in [0.29, 0.717) is 12.1 Å². The molecule has 12 heteroatoms. The zero-order valence-electron chi connectivity index (χ0n) is 17.7. The molecule has 0 aliphatic carbocycles. The molecular formula is C20H25N5O7. The van der Waals surface area contributed by atoms with Gasteiger partial charge in [0.25, 0.3) is 11.8 Å². The Labute approximate surface area is 184 Å². The van der Waals surface area contributed by atoms with Crippen LogP contribution in [0.4, 0.5) is 5.69 Å². The summed E-state index contributed by atoms with van der Waals surface area (Å²) in [5.41, 5.74) is 1.35. The summed E-state index contributed by atoms with van der Waals surface area (Å²) < 4.78 is 0. The van der Waals surface area contributed by atoms with E-state index in [1.54, 1.807) is 24.3 Å². The Morgan fingerprint density at radius 3 is 2.25 bits per heavy atom. The number of amides is 5. The van der Waals surface area contributed by atoms with E-state index < -0.39 is 0 Å². The van der Waals surface area contributed by atoms with Gasteiger partial charge in [0.2, 0.25) is 18.2 Å². The molecule has 32 heavy (non-hydrogen) atoms. The van der Waals surface area contributed by atoms with Crippen LogP contribution < -0.4 is 16.0 Å². The van der Waals surface area contributed by atoms with E-state index in [2.05, 4.69) is 26.1 Å². The van der Waals surface area contributed by atoms with Crippen molar-refractivity contribution in [2.24, 2.45) is 5.34 Å². The molecule has 0 unspecified atom stereocenters. The van der Waals surface area contributed by atoms with Gasteiger partial charge in [-0.15, -0.1) is 4.91 Å². The molecule has 1 aliphatic heterocycles. The Morgan fingerprint density at radius 2 is 1.72 bits per heavy atom. The zero-order chi connectivity index (χ0) is 23.9. The maximum absolute atomic E-state index is 11.2. The standard InChI is InChI=1S/C10H11N3O4.C10H14N2O3/c14-7-11-5-10(15)12-9-3-1-8(2-4-9)6-17-13-16;1-7(2)11-8(13)5-6-12-9(14)3-4-10(12)15/h1-4,7H,5-6H2,(H,11,14)(H,12,15);3-4,7H,5-6H2,1-2H3,(H,11,13). The molecule has 1 aliphatic rings. The summed E-state index contributed by atoms with van der Waals surface area (Å²) in [5, 5.41) is 9.78. The molecule has 1 aromatic rings. The zero-order valence-corrected chi connectivity index (χ0v) is 17.7. The first-order chi connectivity index (χ1) is 15.3. The normalized spacial score (nSPS) is 12.0. The molecule has 2 rings (SSSR count). The molecule has 5 amide bonds. The molecule has 0 saturated carbocycles. The number of carbonyl (C=O) groups is 5. The lowest BCUT2D eigenvalue weighted by atomic mass is 10.2. The van der Waals surface area contributed by atoms with Gasteiger partial charge in [-0.05, 0) is 31.5 Å². The van der Waals surface area contributed by atoms with Gasteiger partial charge in [-0.25, -0.2) is 0 Å². The highest BCUT2D eigenvalue weighted by Crippen LogP contribution is 2.10. The van der Waals surface area contributed by atoms with Crippen LogP contribution in [0.1, 0.15) is 25.8 Å². The van der Waals surface area contributed by atoms with Crippen molar-refractivity contribution in [3.05, 3.63) is 46.9 Å². The van der Waals surface area contributed by atoms with Crippen molar-refractivity contribution in [3.8, 4) is 0 Å². The Morgan fingerprint density at radius 1 is 1.09 bits per heavy atom. The quantitative estimate of drug-likeness (QED) is 0.191. The highest BCUT2D eigenvalue weighted by molar-refractivity contribution is 6.13. The van der Waals surface area contributed by atoms with E-state index in [9.17, 15) is 28.9 Å². The van der Waals surface area contributed by atoms with E-state index in [0.717, 1.165) is 10.5 Å². The number of nitrogens with zero attached hydrogens (tertiary/aromatic N) is 2. The first-order valence-corrected chi connectivity index (χ1v) is 9.60. The van der Waals surface area contributed by atoms with Crippen LogP contribution in [0.25, 0.3) is 0 Å². The minimum atomic E-state index is -0.350. The second-order valence-electron chi connectivity index (χ2n) is 6.73. The van der Waals surface area contributed by atoms with Crippen LogP contribution in [0, 0.1) is 4.91 Å². The van der Waals surface area contributed by atoms with E-state index in [1.165, 1.54) is 12.2 Å². The lowest BCUT2D eigenvalue weighted by Gasteiger charge is -2.14. The number of benzene rings is 1. The summed E-state index contributed by atoms with van der Waals surface area (Å²) in [6, 6.07) is 6.76. The third-order valence-corrected chi connectivity index (χ3v) is 3.78. The van der Waals surface area contributed by atoms with Crippen molar-refractivity contribution < 1.29 is 28.8 Å². The molecule has 3 N–H and O–H groups in total. The second-order valence-corrected chi connectivity index (χ2v) is 6.73. The highest BCUT2D eigenvalue weighted by atomic mass is 16.7. The molecule has 0 radical (unpaired) electrons. The van der Waals surface area contributed by atoms with Gasteiger partial charge in [-0.1, -0.05) is 12.1 Å². The maximum Gasteiger partial charge on any atom is 0.253 e. The number of hydrogen-bond acceptors (Lipinski definition) is 8. The van der Waals surface area contributed by atoms with E-state index >= 15 is 0 Å². The van der Waals surface area contributed by atoms with Crippen LogP contribution in [0.3, 0.4) is 0 Å². The predicted octanol–water partition coefficient (Wildman–Crippen LogP) is 0.395. The third kappa shape index (κ3) is 10.1. The Balaban J connectivity index is 0.000000323. The fourth-order valence-electron chi connectivity index (χ4n) is 2.38. The van der Waals surface area contributed by atoms with Crippen molar-refractivity contribution in [1.29, 1.82) is 0 Å². The van der Waals surface area contributed by atoms with Gasteiger partial charge < -0.3 is 20.8 Å². The molecule has 0 atom stereocenters. The smallest absolute Gasteiger partial charge is 0.253 e. The van der Waals surface area contributed by atoms with Crippen molar-refractivity contribution in [1.82, 2.24) is 15.5 Å². The first kappa shape index (κ1) is 25.9. The third-order valence-electron chi connectivity index (χ3n) is 3.78. The Hall–Kier alpha value is -4.09. The van der Waals surface area contributed by atoms with Crippen molar-refractivity contribution in [2.75, 3.05) is 18.4 Å². The summed E-state index contributed by atoms with van der Waals surface area (Å²) >= 11 is 0. The summed E-state index contributed by atoms with van der Waals surface area (Å²) in [7, 11) is 0. The molecule has 12 nitrogen and oxygen atoms in total. The molecule has 1 heterocycles. The summed E-state index contributed by atoms with van der Waals surface area (Å²) in [5.74, 6) is -1.18. The average Bonchev–Trinajstić information content (AvgIpc) is 3.07. The Kier molecular flexibility index (Phi) is 11.4. The molecular weight excluding hydrogens is 422 g/mol. The molecule has 0 aromatic heterocycles. The van der Waals surface area contributed by atoms with Gasteiger partial charge in [-0.2, -0.15) is 0 Å². The predicted molar refractivity (Wildman–Crippen MR) is 113 cm³/mol. The molecule has 0 bridgehead atoms. The lowest BCUT2D eigenvalue weighted by Crippen LogP contribution is -2.36. The maximum atomic E-state index is 11.2. The topological polar surface area (TPSA) is 163 Å². The monoisotopic (exact) mass is 447 g/mol. The first-order valence-electron chi connectivity index (χ1n) is 9.60. The van der Waals surface area contributed by atoms with Crippen molar-refractivity contribution in [3.63, 3.8) is 0 Å². The number of carbonyl (C=O) groups excluding carboxylic acids is 5. The molecule has 0 saturated heterocycles. The fraction of sp³-hybridized carbons (Fsp3) is 0.350. The van der Waals surface area contributed by atoms with E-state index in [1.807, 2.05) is 13.8 Å². The second kappa shape index (κ2) is 14.0. The fourth-order valence-corrected chi connectivity index (χ4v) is 2.38. The number of anilines is 1. The van der Waals surface area contributed by atoms with Gasteiger partial charge >= 0.3 is 0 Å². The average molecular weight is 447 g/mol. The SMILES string of the molecule is CC(C)NC(=O)CCN1C(=O)C=CC1=O.O=CNCC(=O)Nc1ccc(CON=O)cc1. The van der Waals surface area contributed by atoms with E-state index in [4.69, 9.17) is 0 Å². The minimum absolute atomic E-state index is 0.0700.